The van der Waals surface area contributed by atoms with Crippen LogP contribution in [-0.4, -0.2) is 33.6 Å². The zero-order valence-corrected chi connectivity index (χ0v) is 22.1. The Morgan fingerprint density at radius 2 is 1.51 bits per heavy atom. The average molecular weight is 581 g/mol. The Bertz CT molecular complexity index is 1400. The van der Waals surface area contributed by atoms with Crippen LogP contribution in [0.4, 0.5) is 17.1 Å². The molecule has 1 heterocycles. The van der Waals surface area contributed by atoms with Gasteiger partial charge in [0, 0.05) is 44.5 Å². The number of nitro groups is 1. The number of imide groups is 1. The van der Waals surface area contributed by atoms with E-state index >= 15 is 0 Å². The average Bonchev–Trinajstić information content (AvgIpc) is 3.10. The molecule has 1 aliphatic rings. The molecule has 3 amide bonds. The third-order valence-corrected chi connectivity index (χ3v) is 6.99. The summed E-state index contributed by atoms with van der Waals surface area (Å²) in [6.45, 7) is 3.56. The van der Waals surface area contributed by atoms with Crippen molar-refractivity contribution in [1.29, 1.82) is 0 Å². The molecule has 188 valence electrons. The molecule has 11 heteroatoms. The minimum Gasteiger partial charge on any atom is -0.350 e. The smallest absolute Gasteiger partial charge is 0.278 e. The third kappa shape index (κ3) is 5.89. The van der Waals surface area contributed by atoms with E-state index < -0.39 is 16.7 Å². The zero-order valence-electron chi connectivity index (χ0n) is 19.7. The van der Waals surface area contributed by atoms with Crippen LogP contribution in [0.15, 0.2) is 92.8 Å². The molecular weight excluding hydrogens is 560 g/mol. The summed E-state index contributed by atoms with van der Waals surface area (Å²) in [6, 6.07) is 19.1. The molecule has 3 aromatic rings. The summed E-state index contributed by atoms with van der Waals surface area (Å²) >= 11 is 4.54. The molecule has 0 saturated heterocycles. The Hall–Kier alpha value is -3.96. The number of hydrogen-bond donors (Lipinski definition) is 2. The molecule has 0 aliphatic carbocycles. The normalized spacial score (nSPS) is 13.4. The molecular formula is C26H21BrN4O5S. The van der Waals surface area contributed by atoms with Crippen LogP contribution in [0.3, 0.4) is 0 Å². The monoisotopic (exact) mass is 580 g/mol. The number of halogens is 1. The van der Waals surface area contributed by atoms with Gasteiger partial charge in [-0.2, -0.15) is 0 Å². The van der Waals surface area contributed by atoms with Gasteiger partial charge in [0.25, 0.3) is 23.4 Å². The van der Waals surface area contributed by atoms with Crippen molar-refractivity contribution in [3.8, 4) is 0 Å². The van der Waals surface area contributed by atoms with Gasteiger partial charge < -0.3 is 10.6 Å². The minimum absolute atomic E-state index is 0.0998. The van der Waals surface area contributed by atoms with E-state index in [9.17, 15) is 24.5 Å². The molecule has 1 aliphatic heterocycles. The van der Waals surface area contributed by atoms with Crippen LogP contribution in [0.25, 0.3) is 0 Å². The van der Waals surface area contributed by atoms with E-state index in [1.807, 2.05) is 12.1 Å². The predicted octanol–water partition coefficient (Wildman–Crippen LogP) is 5.80. The second kappa shape index (κ2) is 11.0. The van der Waals surface area contributed by atoms with Crippen molar-refractivity contribution >= 4 is 62.5 Å². The van der Waals surface area contributed by atoms with E-state index in [0.717, 1.165) is 16.2 Å². The first-order chi connectivity index (χ1) is 17.6. The number of carbonyl (C=O) groups excluding carboxylic acids is 3. The molecule has 0 aromatic heterocycles. The van der Waals surface area contributed by atoms with Gasteiger partial charge >= 0.3 is 0 Å². The maximum absolute atomic E-state index is 13.1. The van der Waals surface area contributed by atoms with Gasteiger partial charge in [0.05, 0.1) is 4.92 Å². The summed E-state index contributed by atoms with van der Waals surface area (Å²) in [6.07, 6.45) is 0. The lowest BCUT2D eigenvalue weighted by molar-refractivity contribution is -0.384. The fourth-order valence-electron chi connectivity index (χ4n) is 3.54. The Kier molecular flexibility index (Phi) is 7.74. The first-order valence-electron chi connectivity index (χ1n) is 11.1. The lowest BCUT2D eigenvalue weighted by Crippen LogP contribution is -2.38. The van der Waals surface area contributed by atoms with Crippen molar-refractivity contribution in [3.05, 3.63) is 104 Å². The molecule has 0 unspecified atom stereocenters. The largest absolute Gasteiger partial charge is 0.350 e. The van der Waals surface area contributed by atoms with E-state index in [1.165, 1.54) is 29.2 Å². The van der Waals surface area contributed by atoms with Crippen molar-refractivity contribution < 1.29 is 19.3 Å². The van der Waals surface area contributed by atoms with Gasteiger partial charge in [-0.1, -0.05) is 27.7 Å². The number of nitrogens with zero attached hydrogens (tertiary/aromatic N) is 2. The van der Waals surface area contributed by atoms with Crippen LogP contribution in [0, 0.1) is 10.1 Å². The fraction of sp³-hybridized carbons (Fsp3) is 0.115. The summed E-state index contributed by atoms with van der Waals surface area (Å²) in [4.78, 5) is 51.2. The number of amides is 3. The number of thioether (sulfide) groups is 1. The zero-order chi connectivity index (χ0) is 26.7. The van der Waals surface area contributed by atoms with Crippen LogP contribution < -0.4 is 10.6 Å². The number of hydrogen-bond acceptors (Lipinski definition) is 7. The number of anilines is 2. The highest BCUT2D eigenvalue weighted by atomic mass is 79.9. The van der Waals surface area contributed by atoms with Gasteiger partial charge in [-0.05, 0) is 74.5 Å². The summed E-state index contributed by atoms with van der Waals surface area (Å²) in [5, 5.41) is 16.6. The Balaban J connectivity index is 1.52. The number of rotatable bonds is 8. The second-order valence-corrected chi connectivity index (χ2v) is 10.3. The minimum atomic E-state index is -0.531. The number of non-ortho nitro benzene ring substituents is 1. The first kappa shape index (κ1) is 26.1. The quantitative estimate of drug-likeness (QED) is 0.196. The maximum Gasteiger partial charge on any atom is 0.278 e. The molecule has 9 nitrogen and oxygen atoms in total. The third-order valence-electron chi connectivity index (χ3n) is 5.38. The molecule has 0 bridgehead atoms. The second-order valence-electron chi connectivity index (χ2n) is 8.29. The van der Waals surface area contributed by atoms with Crippen molar-refractivity contribution in [2.75, 3.05) is 10.6 Å². The molecule has 0 fully saturated rings. The van der Waals surface area contributed by atoms with Crippen molar-refractivity contribution in [3.63, 3.8) is 0 Å². The summed E-state index contributed by atoms with van der Waals surface area (Å²) < 4.78 is 0.889. The highest BCUT2D eigenvalue weighted by Gasteiger charge is 2.40. The molecule has 0 atom stereocenters. The lowest BCUT2D eigenvalue weighted by atomic mass is 10.2. The van der Waals surface area contributed by atoms with E-state index in [2.05, 4.69) is 26.6 Å². The Morgan fingerprint density at radius 1 is 0.919 bits per heavy atom. The highest BCUT2D eigenvalue weighted by Crippen LogP contribution is 2.37. The summed E-state index contributed by atoms with van der Waals surface area (Å²) in [5.74, 6) is -1.18. The van der Waals surface area contributed by atoms with Crippen LogP contribution in [0.5, 0.6) is 0 Å². The Morgan fingerprint density at radius 3 is 2.08 bits per heavy atom. The first-order valence-corrected chi connectivity index (χ1v) is 12.7. The van der Waals surface area contributed by atoms with Gasteiger partial charge in [-0.25, -0.2) is 0 Å². The van der Waals surface area contributed by atoms with Crippen LogP contribution in [0.1, 0.15) is 24.2 Å². The maximum atomic E-state index is 13.1. The summed E-state index contributed by atoms with van der Waals surface area (Å²) in [7, 11) is 0. The predicted molar refractivity (Wildman–Crippen MR) is 145 cm³/mol. The molecule has 4 rings (SSSR count). The molecule has 0 radical (unpaired) electrons. The topological polar surface area (TPSA) is 122 Å². The van der Waals surface area contributed by atoms with Gasteiger partial charge in [-0.3, -0.25) is 29.4 Å². The molecule has 0 saturated carbocycles. The van der Waals surface area contributed by atoms with Gasteiger partial charge in [0.15, 0.2) is 0 Å². The van der Waals surface area contributed by atoms with Gasteiger partial charge in [0.2, 0.25) is 0 Å². The molecule has 0 spiro atoms. The van der Waals surface area contributed by atoms with Crippen LogP contribution >= 0.6 is 27.7 Å². The number of benzene rings is 3. The van der Waals surface area contributed by atoms with E-state index in [1.54, 1.807) is 50.2 Å². The van der Waals surface area contributed by atoms with Gasteiger partial charge in [0.1, 0.15) is 10.6 Å². The van der Waals surface area contributed by atoms with Crippen LogP contribution in [0.2, 0.25) is 0 Å². The number of nitro benzene ring substituents is 1. The highest BCUT2D eigenvalue weighted by molar-refractivity contribution is 9.10. The van der Waals surface area contributed by atoms with Crippen molar-refractivity contribution in [1.82, 2.24) is 4.90 Å². The molecule has 37 heavy (non-hydrogen) atoms. The van der Waals surface area contributed by atoms with Crippen molar-refractivity contribution in [2.45, 2.75) is 24.8 Å². The van der Waals surface area contributed by atoms with Crippen LogP contribution in [-0.2, 0) is 9.59 Å². The van der Waals surface area contributed by atoms with E-state index in [-0.39, 0.29) is 33.8 Å². The molecule has 2 N–H and O–H groups in total. The van der Waals surface area contributed by atoms with E-state index in [4.69, 9.17) is 0 Å². The Labute approximate surface area is 225 Å². The number of carbonyl (C=O) groups is 3. The lowest BCUT2D eigenvalue weighted by Gasteiger charge is -2.19. The SMILES string of the molecule is CC(C)N1C(=O)C(Nc2ccc(Br)cc2)=C(Sc2ccc(NC(=O)c3ccc([N+](=O)[O-])cc3)cc2)C1=O. The summed E-state index contributed by atoms with van der Waals surface area (Å²) in [5.41, 5.74) is 1.57. The van der Waals surface area contributed by atoms with Gasteiger partial charge in [-0.15, -0.1) is 0 Å². The fourth-order valence-corrected chi connectivity index (χ4v) is 4.74. The molecule has 3 aromatic carbocycles. The van der Waals surface area contributed by atoms with Crippen molar-refractivity contribution in [2.24, 2.45) is 0 Å². The van der Waals surface area contributed by atoms with E-state index in [0.29, 0.717) is 16.3 Å². The standard InChI is InChI=1S/C26H21BrN4O5S/c1-15(2)30-25(33)22(28-18-7-5-17(27)6-8-18)23(26(30)34)37-21-13-9-19(10-14-21)29-24(32)16-3-11-20(12-4-16)31(35)36/h3-15,28H,1-2H3,(H,29,32). The number of nitrogens with one attached hydrogen (secondary N) is 2.